The lowest BCUT2D eigenvalue weighted by Gasteiger charge is -2.24. The summed E-state index contributed by atoms with van der Waals surface area (Å²) >= 11 is 0. The van der Waals surface area contributed by atoms with E-state index in [0.717, 1.165) is 43.6 Å². The third kappa shape index (κ3) is 5.16. The molecule has 28 heavy (non-hydrogen) atoms. The number of rotatable bonds is 7. The molecule has 1 aromatic carbocycles. The summed E-state index contributed by atoms with van der Waals surface area (Å²) in [5, 5.41) is 3.43. The highest BCUT2D eigenvalue weighted by molar-refractivity contribution is 5.80. The predicted molar refractivity (Wildman–Crippen MR) is 116 cm³/mol. The first-order valence-corrected chi connectivity index (χ1v) is 10.9. The lowest BCUT2D eigenvalue weighted by Crippen LogP contribution is -2.40. The minimum Gasteiger partial charge on any atom is -0.370 e. The van der Waals surface area contributed by atoms with Crippen molar-refractivity contribution in [3.63, 3.8) is 0 Å². The predicted octanol–water partition coefficient (Wildman–Crippen LogP) is 3.17. The summed E-state index contributed by atoms with van der Waals surface area (Å²) in [6, 6.07) is 5.55. The highest BCUT2D eigenvalue weighted by Crippen LogP contribution is 2.22. The Bertz CT molecular complexity index is 652. The van der Waals surface area contributed by atoms with Gasteiger partial charge in [-0.3, -0.25) is 4.99 Å². The lowest BCUT2D eigenvalue weighted by atomic mass is 10.1. The van der Waals surface area contributed by atoms with Gasteiger partial charge in [-0.25, -0.2) is 4.39 Å². The fraction of sp³-hybridized carbons (Fsp3) is 0.682. The maximum absolute atomic E-state index is 14.5. The largest absolute Gasteiger partial charge is 0.370 e. The summed E-state index contributed by atoms with van der Waals surface area (Å²) in [6.07, 6.45) is 3.93. The Labute approximate surface area is 169 Å². The van der Waals surface area contributed by atoms with E-state index in [1.807, 2.05) is 24.1 Å². The molecule has 2 heterocycles. The van der Waals surface area contributed by atoms with E-state index in [9.17, 15) is 4.39 Å². The Morgan fingerprint density at radius 1 is 1.21 bits per heavy atom. The standard InChI is InChI=1S/C22H36FN5/c1-4-27(5-2)21-9-8-18(14-20(21)23)15-25-22(24-3)28-13-10-19(17-28)16-26-11-6-7-12-26/h8-9,14,19H,4-7,10-13,15-17H2,1-3H3,(H,24,25). The summed E-state index contributed by atoms with van der Waals surface area (Å²) in [7, 11) is 1.83. The Kier molecular flexibility index (Phi) is 7.54. The van der Waals surface area contributed by atoms with Crippen LogP contribution in [-0.4, -0.2) is 68.6 Å². The van der Waals surface area contributed by atoms with Crippen molar-refractivity contribution in [2.75, 3.05) is 57.8 Å². The van der Waals surface area contributed by atoms with E-state index in [1.165, 1.54) is 38.9 Å². The van der Waals surface area contributed by atoms with Crippen molar-refractivity contribution in [2.24, 2.45) is 10.9 Å². The van der Waals surface area contributed by atoms with Gasteiger partial charge < -0.3 is 20.0 Å². The van der Waals surface area contributed by atoms with Gasteiger partial charge in [-0.05, 0) is 69.8 Å². The third-order valence-corrected chi connectivity index (χ3v) is 6.08. The number of halogens is 1. The van der Waals surface area contributed by atoms with Crippen molar-refractivity contribution in [3.8, 4) is 0 Å². The summed E-state index contributed by atoms with van der Waals surface area (Å²) in [5.41, 5.74) is 1.63. The molecule has 5 nitrogen and oxygen atoms in total. The van der Waals surface area contributed by atoms with Crippen molar-refractivity contribution in [3.05, 3.63) is 29.6 Å². The molecular formula is C22H36FN5. The molecule has 0 amide bonds. The SMILES string of the molecule is CCN(CC)c1ccc(CNC(=NC)N2CCC(CN3CCCC3)C2)cc1F. The first-order chi connectivity index (χ1) is 13.6. The van der Waals surface area contributed by atoms with Crippen molar-refractivity contribution in [2.45, 2.75) is 39.7 Å². The minimum atomic E-state index is -0.148. The van der Waals surface area contributed by atoms with E-state index in [4.69, 9.17) is 0 Å². The molecule has 0 spiro atoms. The van der Waals surface area contributed by atoms with Gasteiger partial charge >= 0.3 is 0 Å². The molecule has 2 fully saturated rings. The van der Waals surface area contributed by atoms with Gasteiger partial charge in [0.2, 0.25) is 0 Å². The Morgan fingerprint density at radius 2 is 1.96 bits per heavy atom. The molecular weight excluding hydrogens is 353 g/mol. The van der Waals surface area contributed by atoms with Crippen molar-refractivity contribution >= 4 is 11.6 Å². The fourth-order valence-corrected chi connectivity index (χ4v) is 4.50. The molecule has 1 atom stereocenters. The molecule has 6 heteroatoms. The molecule has 2 saturated heterocycles. The molecule has 0 aliphatic carbocycles. The number of aliphatic imine (C=N–C) groups is 1. The molecule has 0 bridgehead atoms. The Balaban J connectivity index is 1.52. The molecule has 156 valence electrons. The highest BCUT2D eigenvalue weighted by Gasteiger charge is 2.27. The van der Waals surface area contributed by atoms with Crippen LogP contribution in [-0.2, 0) is 6.54 Å². The van der Waals surface area contributed by atoms with E-state index in [-0.39, 0.29) is 5.82 Å². The minimum absolute atomic E-state index is 0.148. The number of hydrogen-bond acceptors (Lipinski definition) is 3. The molecule has 1 unspecified atom stereocenters. The second-order valence-electron chi connectivity index (χ2n) is 7.97. The monoisotopic (exact) mass is 389 g/mol. The number of hydrogen-bond donors (Lipinski definition) is 1. The molecule has 0 saturated carbocycles. The van der Waals surface area contributed by atoms with Crippen LogP contribution in [0.1, 0.15) is 38.7 Å². The van der Waals surface area contributed by atoms with Gasteiger partial charge in [0.25, 0.3) is 0 Å². The Hall–Kier alpha value is -1.82. The van der Waals surface area contributed by atoms with E-state index in [1.54, 1.807) is 6.07 Å². The van der Waals surface area contributed by atoms with Gasteiger partial charge in [0, 0.05) is 46.3 Å². The average molecular weight is 390 g/mol. The van der Waals surface area contributed by atoms with Crippen LogP contribution in [0.2, 0.25) is 0 Å². The molecule has 2 aliphatic heterocycles. The van der Waals surface area contributed by atoms with Crippen molar-refractivity contribution in [1.29, 1.82) is 0 Å². The summed E-state index contributed by atoms with van der Waals surface area (Å²) in [4.78, 5) is 11.5. The molecule has 3 rings (SSSR count). The summed E-state index contributed by atoms with van der Waals surface area (Å²) in [6.45, 7) is 12.2. The fourth-order valence-electron chi connectivity index (χ4n) is 4.50. The second kappa shape index (κ2) is 10.1. The van der Waals surface area contributed by atoms with E-state index in [2.05, 4.69) is 34.0 Å². The number of guanidine groups is 1. The molecule has 2 aliphatic rings. The average Bonchev–Trinajstić information content (AvgIpc) is 3.37. The van der Waals surface area contributed by atoms with Gasteiger partial charge in [-0.2, -0.15) is 0 Å². The molecule has 1 aromatic rings. The van der Waals surface area contributed by atoms with Crippen LogP contribution in [0, 0.1) is 11.7 Å². The zero-order valence-corrected chi connectivity index (χ0v) is 17.8. The van der Waals surface area contributed by atoms with Crippen LogP contribution in [0.4, 0.5) is 10.1 Å². The van der Waals surface area contributed by atoms with Crippen molar-refractivity contribution < 1.29 is 4.39 Å². The Morgan fingerprint density at radius 3 is 2.61 bits per heavy atom. The summed E-state index contributed by atoms with van der Waals surface area (Å²) < 4.78 is 14.5. The van der Waals surface area contributed by atoms with Crippen LogP contribution in [0.15, 0.2) is 23.2 Å². The third-order valence-electron chi connectivity index (χ3n) is 6.08. The van der Waals surface area contributed by atoms with Crippen LogP contribution in [0.5, 0.6) is 0 Å². The molecule has 0 aromatic heterocycles. The van der Waals surface area contributed by atoms with Gasteiger partial charge in [0.1, 0.15) is 5.82 Å². The second-order valence-corrected chi connectivity index (χ2v) is 7.97. The van der Waals surface area contributed by atoms with Crippen LogP contribution in [0.25, 0.3) is 0 Å². The number of nitrogens with zero attached hydrogens (tertiary/aromatic N) is 4. The van der Waals surface area contributed by atoms with E-state index in [0.29, 0.717) is 12.2 Å². The van der Waals surface area contributed by atoms with Crippen molar-refractivity contribution in [1.82, 2.24) is 15.1 Å². The quantitative estimate of drug-likeness (QED) is 0.574. The first-order valence-electron chi connectivity index (χ1n) is 10.9. The zero-order valence-electron chi connectivity index (χ0n) is 17.8. The maximum atomic E-state index is 14.5. The topological polar surface area (TPSA) is 34.1 Å². The number of likely N-dealkylation sites (tertiary alicyclic amines) is 2. The van der Waals surface area contributed by atoms with E-state index >= 15 is 0 Å². The van der Waals surface area contributed by atoms with E-state index < -0.39 is 0 Å². The smallest absolute Gasteiger partial charge is 0.193 e. The van der Waals surface area contributed by atoms with Crippen LogP contribution in [0.3, 0.4) is 0 Å². The van der Waals surface area contributed by atoms with Gasteiger partial charge in [0.15, 0.2) is 5.96 Å². The van der Waals surface area contributed by atoms with Gasteiger partial charge in [-0.15, -0.1) is 0 Å². The van der Waals surface area contributed by atoms with Gasteiger partial charge in [0.05, 0.1) is 5.69 Å². The van der Waals surface area contributed by atoms with Crippen LogP contribution >= 0.6 is 0 Å². The number of anilines is 1. The maximum Gasteiger partial charge on any atom is 0.193 e. The first kappa shape index (κ1) is 20.9. The number of benzene rings is 1. The zero-order chi connectivity index (χ0) is 19.9. The molecule has 0 radical (unpaired) electrons. The normalized spacial score (nSPS) is 20.8. The van der Waals surface area contributed by atoms with Gasteiger partial charge in [-0.1, -0.05) is 6.07 Å². The number of nitrogens with one attached hydrogen (secondary N) is 1. The highest BCUT2D eigenvalue weighted by atomic mass is 19.1. The molecule has 1 N–H and O–H groups in total. The lowest BCUT2D eigenvalue weighted by molar-refractivity contribution is 0.281. The summed E-state index contributed by atoms with van der Waals surface area (Å²) in [5.74, 6) is 1.50. The van der Waals surface area contributed by atoms with Crippen LogP contribution < -0.4 is 10.2 Å².